The molecule has 0 amide bonds. The van der Waals surface area contributed by atoms with Crippen molar-refractivity contribution in [3.63, 3.8) is 0 Å². The van der Waals surface area contributed by atoms with Crippen molar-refractivity contribution < 1.29 is 4.79 Å². The van der Waals surface area contributed by atoms with E-state index in [1.54, 1.807) is 11.6 Å². The molecule has 26 heavy (non-hydrogen) atoms. The van der Waals surface area contributed by atoms with Gasteiger partial charge in [0.2, 0.25) is 0 Å². The smallest absolute Gasteiger partial charge is 0.178 e. The number of aromatic nitrogens is 1. The number of pyridine rings is 1. The number of carbonyl (C=O) groups is 1. The van der Waals surface area contributed by atoms with Crippen LogP contribution in [-0.2, 0) is 4.79 Å². The predicted octanol–water partition coefficient (Wildman–Crippen LogP) is 5.30. The second kappa shape index (κ2) is 5.39. The molecule has 2 unspecified atom stereocenters. The van der Waals surface area contributed by atoms with Gasteiger partial charge in [0, 0.05) is 23.2 Å². The fraction of sp³-hybridized carbons (Fsp3) is 0.417. The molecule has 0 aromatic carbocycles. The first kappa shape index (κ1) is 16.0. The van der Waals surface area contributed by atoms with E-state index in [9.17, 15) is 4.79 Å². The summed E-state index contributed by atoms with van der Waals surface area (Å²) in [6, 6.07) is 4.22. The van der Waals surface area contributed by atoms with Gasteiger partial charge in [0.1, 0.15) is 0 Å². The van der Waals surface area contributed by atoms with Crippen LogP contribution in [0.3, 0.4) is 0 Å². The Balaban J connectivity index is 1.51. The van der Waals surface area contributed by atoms with Gasteiger partial charge in [-0.15, -0.1) is 0 Å². The Morgan fingerprint density at radius 3 is 2.88 bits per heavy atom. The van der Waals surface area contributed by atoms with E-state index in [2.05, 4.69) is 43.1 Å². The highest BCUT2D eigenvalue weighted by atomic mass is 16.1. The van der Waals surface area contributed by atoms with Crippen LogP contribution in [0.25, 0.3) is 5.57 Å². The Kier molecular flexibility index (Phi) is 3.31. The molecule has 1 heterocycles. The van der Waals surface area contributed by atoms with Crippen LogP contribution in [-0.4, -0.2) is 10.8 Å². The average molecular weight is 343 g/mol. The Morgan fingerprint density at radius 2 is 2.08 bits per heavy atom. The van der Waals surface area contributed by atoms with E-state index in [1.807, 2.05) is 24.5 Å². The molecule has 2 heteroatoms. The normalized spacial score (nSPS) is 37.9. The molecule has 2 saturated carbocycles. The van der Waals surface area contributed by atoms with Crippen LogP contribution in [0.2, 0.25) is 0 Å². The fourth-order valence-electron chi connectivity index (χ4n) is 6.13. The Bertz CT molecular complexity index is 903. The summed E-state index contributed by atoms with van der Waals surface area (Å²) in [7, 11) is 0. The number of ketones is 1. The van der Waals surface area contributed by atoms with Crippen LogP contribution in [0.15, 0.2) is 66.1 Å². The summed E-state index contributed by atoms with van der Waals surface area (Å²) >= 11 is 0. The molecule has 1 aromatic heterocycles. The topological polar surface area (TPSA) is 30.0 Å². The molecular weight excluding hydrogens is 318 g/mol. The van der Waals surface area contributed by atoms with Crippen LogP contribution >= 0.6 is 0 Å². The number of hydrogen-bond donors (Lipinski definition) is 0. The SMILES string of the molecule is C[C@]12CCC3C(CCC4=CC(=O)C=C[C@@]43C)C1=CC=C2c1cccnc1. The number of fused-ring (bicyclic) bond motifs is 5. The number of hydrogen-bond acceptors (Lipinski definition) is 2. The molecule has 0 N–H and O–H groups in total. The van der Waals surface area contributed by atoms with Crippen LogP contribution < -0.4 is 0 Å². The first-order valence-electron chi connectivity index (χ1n) is 9.80. The molecule has 2 nitrogen and oxygen atoms in total. The van der Waals surface area contributed by atoms with E-state index >= 15 is 0 Å². The standard InChI is InChI=1S/C24H25NO/c1-23-11-9-18(26)14-17(23)5-6-19-21-8-7-20(16-4-3-13-25-15-16)24(21,2)12-10-22(19)23/h3-4,7-9,11,13-15,19,22H,5-6,10,12H2,1-2H3/t19?,22?,23-,24+/m0/s1. The zero-order valence-corrected chi connectivity index (χ0v) is 15.5. The molecule has 5 rings (SSSR count). The van der Waals surface area contributed by atoms with Crippen LogP contribution in [0.4, 0.5) is 0 Å². The van der Waals surface area contributed by atoms with Crippen molar-refractivity contribution >= 4 is 11.4 Å². The molecule has 132 valence electrons. The third kappa shape index (κ3) is 2.05. The lowest BCUT2D eigenvalue weighted by Crippen LogP contribution is -2.45. The molecule has 4 atom stereocenters. The van der Waals surface area contributed by atoms with Gasteiger partial charge in [0.05, 0.1) is 0 Å². The van der Waals surface area contributed by atoms with Gasteiger partial charge < -0.3 is 0 Å². The molecule has 1 aromatic rings. The lowest BCUT2D eigenvalue weighted by atomic mass is 9.49. The van der Waals surface area contributed by atoms with Crippen molar-refractivity contribution in [2.45, 2.75) is 39.5 Å². The van der Waals surface area contributed by atoms with Gasteiger partial charge in [0.25, 0.3) is 0 Å². The Hall–Kier alpha value is -2.22. The summed E-state index contributed by atoms with van der Waals surface area (Å²) in [5.74, 6) is 1.38. The highest BCUT2D eigenvalue weighted by Gasteiger charge is 2.53. The van der Waals surface area contributed by atoms with Crippen LogP contribution in [0.1, 0.15) is 45.1 Å². The minimum atomic E-state index is 0.0516. The third-order valence-corrected chi connectivity index (χ3v) is 7.57. The summed E-state index contributed by atoms with van der Waals surface area (Å²) in [6.07, 6.45) is 19.1. The van der Waals surface area contributed by atoms with Crippen molar-refractivity contribution in [2.24, 2.45) is 22.7 Å². The van der Waals surface area contributed by atoms with Gasteiger partial charge in [-0.3, -0.25) is 9.78 Å². The molecule has 0 bridgehead atoms. The van der Waals surface area contributed by atoms with E-state index in [1.165, 1.54) is 36.0 Å². The van der Waals surface area contributed by atoms with Gasteiger partial charge in [-0.2, -0.15) is 0 Å². The quantitative estimate of drug-likeness (QED) is 0.692. The van der Waals surface area contributed by atoms with Crippen molar-refractivity contribution in [1.29, 1.82) is 0 Å². The van der Waals surface area contributed by atoms with E-state index in [4.69, 9.17) is 0 Å². The van der Waals surface area contributed by atoms with Crippen molar-refractivity contribution in [2.75, 3.05) is 0 Å². The fourth-order valence-corrected chi connectivity index (χ4v) is 6.13. The highest BCUT2D eigenvalue weighted by molar-refractivity contribution is 6.01. The minimum absolute atomic E-state index is 0.0516. The van der Waals surface area contributed by atoms with E-state index in [0.717, 1.165) is 6.42 Å². The lowest BCUT2D eigenvalue weighted by molar-refractivity contribution is -0.110. The molecule has 0 aliphatic heterocycles. The first-order chi connectivity index (χ1) is 12.5. The summed E-state index contributed by atoms with van der Waals surface area (Å²) in [5, 5.41) is 0. The van der Waals surface area contributed by atoms with Crippen molar-refractivity contribution in [3.8, 4) is 0 Å². The summed E-state index contributed by atoms with van der Waals surface area (Å²) in [6.45, 7) is 4.78. The summed E-state index contributed by atoms with van der Waals surface area (Å²) in [4.78, 5) is 16.2. The number of rotatable bonds is 1. The Labute approximate surface area is 155 Å². The average Bonchev–Trinajstić information content (AvgIpc) is 3.00. The van der Waals surface area contributed by atoms with Crippen LogP contribution in [0, 0.1) is 22.7 Å². The van der Waals surface area contributed by atoms with Crippen molar-refractivity contribution in [1.82, 2.24) is 4.98 Å². The number of carbonyl (C=O) groups excluding carboxylic acids is 1. The molecule has 0 radical (unpaired) electrons. The predicted molar refractivity (Wildman–Crippen MR) is 104 cm³/mol. The van der Waals surface area contributed by atoms with E-state index in [-0.39, 0.29) is 16.6 Å². The molecule has 4 aliphatic carbocycles. The van der Waals surface area contributed by atoms with Gasteiger partial charge in [-0.05, 0) is 66.9 Å². The zero-order chi connectivity index (χ0) is 17.9. The third-order valence-electron chi connectivity index (χ3n) is 7.57. The zero-order valence-electron chi connectivity index (χ0n) is 15.5. The van der Waals surface area contributed by atoms with E-state index in [0.29, 0.717) is 11.8 Å². The molecular formula is C24H25NO. The van der Waals surface area contributed by atoms with Gasteiger partial charge in [0.15, 0.2) is 5.78 Å². The summed E-state index contributed by atoms with van der Waals surface area (Å²) in [5.41, 5.74) is 5.84. The highest BCUT2D eigenvalue weighted by Crippen LogP contribution is 2.64. The minimum Gasteiger partial charge on any atom is -0.290 e. The van der Waals surface area contributed by atoms with Gasteiger partial charge >= 0.3 is 0 Å². The van der Waals surface area contributed by atoms with Gasteiger partial charge in [-0.1, -0.05) is 49.3 Å². The summed E-state index contributed by atoms with van der Waals surface area (Å²) < 4.78 is 0. The lowest BCUT2D eigenvalue weighted by Gasteiger charge is -2.54. The molecule has 2 fully saturated rings. The largest absolute Gasteiger partial charge is 0.290 e. The van der Waals surface area contributed by atoms with Gasteiger partial charge in [-0.25, -0.2) is 0 Å². The monoisotopic (exact) mass is 343 g/mol. The molecule has 4 aliphatic rings. The maximum Gasteiger partial charge on any atom is 0.178 e. The molecule has 0 spiro atoms. The second-order valence-corrected chi connectivity index (χ2v) is 8.75. The van der Waals surface area contributed by atoms with Crippen molar-refractivity contribution in [3.05, 3.63) is 71.6 Å². The number of nitrogens with zero attached hydrogens (tertiary/aromatic N) is 1. The maximum atomic E-state index is 11.9. The number of allylic oxidation sites excluding steroid dienone is 8. The maximum absolute atomic E-state index is 11.9. The van der Waals surface area contributed by atoms with E-state index < -0.39 is 0 Å². The van der Waals surface area contributed by atoms with Crippen LogP contribution in [0.5, 0.6) is 0 Å². The first-order valence-corrected chi connectivity index (χ1v) is 9.80. The molecule has 0 saturated heterocycles. The second-order valence-electron chi connectivity index (χ2n) is 8.75. The Morgan fingerprint density at radius 1 is 1.19 bits per heavy atom.